The highest BCUT2D eigenvalue weighted by atomic mass is 79.9. The van der Waals surface area contributed by atoms with Gasteiger partial charge in [0, 0.05) is 16.6 Å². The Labute approximate surface area is 160 Å². The number of amides is 1. The van der Waals surface area contributed by atoms with Crippen LogP contribution >= 0.6 is 15.9 Å². The summed E-state index contributed by atoms with van der Waals surface area (Å²) in [4.78, 5) is 17.5. The number of carbonyl (C=O) groups excluding carboxylic acids is 1. The van der Waals surface area contributed by atoms with E-state index in [2.05, 4.69) is 26.2 Å². The summed E-state index contributed by atoms with van der Waals surface area (Å²) in [6, 6.07) is 11.6. The van der Waals surface area contributed by atoms with E-state index in [0.29, 0.717) is 24.8 Å². The number of hydrogen-bond donors (Lipinski definition) is 1. The fourth-order valence-corrected chi connectivity index (χ4v) is 3.25. The van der Waals surface area contributed by atoms with Gasteiger partial charge in [-0.05, 0) is 55.7 Å². The standard InChI is InChI=1S/C20H20BrN3O2/c1-13-2-9-17-23-18(14-3-4-14)19(24(17)12-13)20(25)22-10-11-26-16-7-5-15(21)6-8-16/h2,5-9,12,14H,3-4,10-11H2,1H3,(H,22,25). The van der Waals surface area contributed by atoms with Gasteiger partial charge in [-0.15, -0.1) is 0 Å². The number of imidazole rings is 1. The molecule has 1 saturated carbocycles. The Morgan fingerprint density at radius 2 is 2.04 bits per heavy atom. The van der Waals surface area contributed by atoms with Gasteiger partial charge >= 0.3 is 0 Å². The van der Waals surface area contributed by atoms with Crippen molar-refractivity contribution in [1.82, 2.24) is 14.7 Å². The van der Waals surface area contributed by atoms with Crippen molar-refractivity contribution in [3.63, 3.8) is 0 Å². The summed E-state index contributed by atoms with van der Waals surface area (Å²) in [6.45, 7) is 2.88. The van der Waals surface area contributed by atoms with E-state index < -0.39 is 0 Å². The maximum atomic E-state index is 12.8. The number of aryl methyl sites for hydroxylation is 1. The van der Waals surface area contributed by atoms with Gasteiger partial charge in [-0.25, -0.2) is 4.98 Å². The molecule has 0 atom stereocenters. The van der Waals surface area contributed by atoms with E-state index in [0.717, 1.165) is 40.0 Å². The highest BCUT2D eigenvalue weighted by Crippen LogP contribution is 2.41. The van der Waals surface area contributed by atoms with Gasteiger partial charge in [0.25, 0.3) is 5.91 Å². The summed E-state index contributed by atoms with van der Waals surface area (Å²) >= 11 is 3.40. The van der Waals surface area contributed by atoms with Gasteiger partial charge in [-0.3, -0.25) is 9.20 Å². The molecule has 1 amide bonds. The Kier molecular flexibility index (Phi) is 4.68. The Morgan fingerprint density at radius 1 is 1.27 bits per heavy atom. The third kappa shape index (κ3) is 3.60. The van der Waals surface area contributed by atoms with Crippen LogP contribution in [0.3, 0.4) is 0 Å². The molecule has 0 aliphatic heterocycles. The van der Waals surface area contributed by atoms with E-state index in [1.807, 2.05) is 53.9 Å². The molecule has 2 heterocycles. The van der Waals surface area contributed by atoms with Gasteiger partial charge in [0.1, 0.15) is 23.7 Å². The molecule has 1 aliphatic carbocycles. The van der Waals surface area contributed by atoms with Crippen LogP contribution in [0.1, 0.15) is 40.5 Å². The van der Waals surface area contributed by atoms with Crippen LogP contribution in [0.5, 0.6) is 5.75 Å². The van der Waals surface area contributed by atoms with Crippen molar-refractivity contribution in [2.45, 2.75) is 25.7 Å². The summed E-state index contributed by atoms with van der Waals surface area (Å²) in [5.41, 5.74) is 3.51. The second kappa shape index (κ2) is 7.11. The van der Waals surface area contributed by atoms with Crippen LogP contribution in [-0.4, -0.2) is 28.4 Å². The Hall–Kier alpha value is -2.34. The van der Waals surface area contributed by atoms with Gasteiger partial charge in [0.15, 0.2) is 0 Å². The van der Waals surface area contributed by atoms with Crippen molar-refractivity contribution >= 4 is 27.5 Å². The molecule has 134 valence electrons. The topological polar surface area (TPSA) is 55.6 Å². The second-order valence-corrected chi connectivity index (χ2v) is 7.53. The molecule has 1 aliphatic rings. The van der Waals surface area contributed by atoms with Crippen LogP contribution in [0.25, 0.3) is 5.65 Å². The predicted molar refractivity (Wildman–Crippen MR) is 104 cm³/mol. The lowest BCUT2D eigenvalue weighted by molar-refractivity contribution is 0.0940. The Bertz CT molecular complexity index is 946. The van der Waals surface area contributed by atoms with Crippen molar-refractivity contribution in [2.75, 3.05) is 13.2 Å². The normalized spacial score (nSPS) is 13.8. The number of nitrogens with one attached hydrogen (secondary N) is 1. The number of benzene rings is 1. The van der Waals surface area contributed by atoms with E-state index >= 15 is 0 Å². The average Bonchev–Trinajstić information content (AvgIpc) is 3.41. The Balaban J connectivity index is 1.45. The van der Waals surface area contributed by atoms with Crippen LogP contribution in [0, 0.1) is 6.92 Å². The van der Waals surface area contributed by atoms with Crippen LogP contribution in [0.4, 0.5) is 0 Å². The first-order valence-electron chi connectivity index (χ1n) is 8.77. The summed E-state index contributed by atoms with van der Waals surface area (Å²) in [6.07, 6.45) is 4.19. The smallest absolute Gasteiger partial charge is 0.270 e. The molecule has 6 heteroatoms. The molecule has 2 aromatic heterocycles. The Morgan fingerprint density at radius 3 is 2.77 bits per heavy atom. The quantitative estimate of drug-likeness (QED) is 0.619. The van der Waals surface area contributed by atoms with E-state index in [1.54, 1.807) is 0 Å². The summed E-state index contributed by atoms with van der Waals surface area (Å²) in [5.74, 6) is 1.10. The number of ether oxygens (including phenoxy) is 1. The second-order valence-electron chi connectivity index (χ2n) is 6.61. The first kappa shape index (κ1) is 17.1. The first-order chi connectivity index (χ1) is 12.6. The molecule has 1 aromatic carbocycles. The number of hydrogen-bond acceptors (Lipinski definition) is 3. The van der Waals surface area contributed by atoms with Crippen molar-refractivity contribution in [1.29, 1.82) is 0 Å². The zero-order valence-corrected chi connectivity index (χ0v) is 16.1. The highest BCUT2D eigenvalue weighted by Gasteiger charge is 2.32. The number of carbonyl (C=O) groups is 1. The van der Waals surface area contributed by atoms with Crippen LogP contribution in [0.15, 0.2) is 47.1 Å². The summed E-state index contributed by atoms with van der Waals surface area (Å²) in [5, 5.41) is 2.97. The molecule has 3 aromatic rings. The zero-order chi connectivity index (χ0) is 18.1. The largest absolute Gasteiger partial charge is 0.492 e. The number of fused-ring (bicyclic) bond motifs is 1. The maximum absolute atomic E-state index is 12.8. The molecule has 0 saturated heterocycles. The molecule has 1 N–H and O–H groups in total. The predicted octanol–water partition coefficient (Wildman–Crippen LogP) is 4.09. The van der Waals surface area contributed by atoms with E-state index in [1.165, 1.54) is 0 Å². The number of aromatic nitrogens is 2. The minimum Gasteiger partial charge on any atom is -0.492 e. The van der Waals surface area contributed by atoms with Gasteiger partial charge in [0.2, 0.25) is 0 Å². The van der Waals surface area contributed by atoms with Crippen molar-refractivity contribution in [2.24, 2.45) is 0 Å². The molecule has 1 fully saturated rings. The molecule has 0 spiro atoms. The van der Waals surface area contributed by atoms with Gasteiger partial charge in [-0.1, -0.05) is 22.0 Å². The monoisotopic (exact) mass is 413 g/mol. The van der Waals surface area contributed by atoms with E-state index in [-0.39, 0.29) is 5.91 Å². The molecular formula is C20H20BrN3O2. The fourth-order valence-electron chi connectivity index (χ4n) is 2.98. The summed E-state index contributed by atoms with van der Waals surface area (Å²) in [7, 11) is 0. The summed E-state index contributed by atoms with van der Waals surface area (Å²) < 4.78 is 8.59. The van der Waals surface area contributed by atoms with Gasteiger partial charge < -0.3 is 10.1 Å². The van der Waals surface area contributed by atoms with Crippen LogP contribution in [-0.2, 0) is 0 Å². The molecule has 0 unspecified atom stereocenters. The van der Waals surface area contributed by atoms with Crippen LogP contribution in [0.2, 0.25) is 0 Å². The minimum atomic E-state index is -0.0931. The minimum absolute atomic E-state index is 0.0931. The first-order valence-corrected chi connectivity index (χ1v) is 9.56. The molecule has 4 rings (SSSR count). The fraction of sp³-hybridized carbons (Fsp3) is 0.300. The van der Waals surface area contributed by atoms with E-state index in [9.17, 15) is 4.79 Å². The molecular weight excluding hydrogens is 394 g/mol. The SMILES string of the molecule is Cc1ccc2nc(C3CC3)c(C(=O)NCCOc3ccc(Br)cc3)n2c1. The number of halogens is 1. The third-order valence-electron chi connectivity index (χ3n) is 4.44. The highest BCUT2D eigenvalue weighted by molar-refractivity contribution is 9.10. The van der Waals surface area contributed by atoms with Gasteiger partial charge in [0.05, 0.1) is 12.2 Å². The lowest BCUT2D eigenvalue weighted by atomic mass is 10.2. The van der Waals surface area contributed by atoms with Crippen molar-refractivity contribution in [3.05, 3.63) is 64.0 Å². The number of pyridine rings is 1. The lowest BCUT2D eigenvalue weighted by Gasteiger charge is -2.09. The number of nitrogens with zero attached hydrogens (tertiary/aromatic N) is 2. The van der Waals surface area contributed by atoms with Crippen LogP contribution < -0.4 is 10.1 Å². The van der Waals surface area contributed by atoms with Crippen molar-refractivity contribution < 1.29 is 9.53 Å². The molecule has 26 heavy (non-hydrogen) atoms. The molecule has 5 nitrogen and oxygen atoms in total. The average molecular weight is 414 g/mol. The lowest BCUT2D eigenvalue weighted by Crippen LogP contribution is -2.29. The van der Waals surface area contributed by atoms with Crippen molar-refractivity contribution in [3.8, 4) is 5.75 Å². The third-order valence-corrected chi connectivity index (χ3v) is 4.97. The molecule has 0 radical (unpaired) electrons. The number of rotatable bonds is 6. The van der Waals surface area contributed by atoms with E-state index in [4.69, 9.17) is 4.74 Å². The van der Waals surface area contributed by atoms with Gasteiger partial charge in [-0.2, -0.15) is 0 Å². The maximum Gasteiger partial charge on any atom is 0.270 e. The zero-order valence-electron chi connectivity index (χ0n) is 14.5. The molecule has 0 bridgehead atoms.